The lowest BCUT2D eigenvalue weighted by atomic mass is 10.1. The first-order valence-corrected chi connectivity index (χ1v) is 8.06. The first kappa shape index (κ1) is 17.0. The summed E-state index contributed by atoms with van der Waals surface area (Å²) >= 11 is 0. The van der Waals surface area contributed by atoms with E-state index >= 15 is 0 Å². The normalized spacial score (nSPS) is 19.0. The van der Waals surface area contributed by atoms with Gasteiger partial charge in [-0.2, -0.15) is 0 Å². The summed E-state index contributed by atoms with van der Waals surface area (Å²) in [5.74, 6) is 1.36. The first-order valence-electron chi connectivity index (χ1n) is 8.06. The fourth-order valence-corrected chi connectivity index (χ4v) is 2.71. The Morgan fingerprint density at radius 1 is 1.59 bits per heavy atom. The lowest BCUT2D eigenvalue weighted by Crippen LogP contribution is -2.31. The minimum Gasteiger partial charge on any atom is -0.385 e. The zero-order chi connectivity index (χ0) is 15.9. The van der Waals surface area contributed by atoms with Gasteiger partial charge in [-0.25, -0.2) is 0 Å². The molecule has 1 aromatic heterocycles. The Balaban J connectivity index is 1.70. The molecule has 1 aliphatic heterocycles. The van der Waals surface area contributed by atoms with Crippen molar-refractivity contribution in [3.63, 3.8) is 0 Å². The Hall–Kier alpha value is -1.40. The summed E-state index contributed by atoms with van der Waals surface area (Å²) in [6.07, 6.45) is 2.19. The van der Waals surface area contributed by atoms with Crippen molar-refractivity contribution >= 4 is 5.91 Å². The topological polar surface area (TPSA) is 67.6 Å². The van der Waals surface area contributed by atoms with Crippen LogP contribution >= 0.6 is 0 Å². The lowest BCUT2D eigenvalue weighted by Gasteiger charge is -2.15. The molecule has 0 bridgehead atoms. The molecule has 1 saturated heterocycles. The number of ether oxygens (including phenoxy) is 1. The van der Waals surface area contributed by atoms with E-state index in [1.54, 1.807) is 13.2 Å². The van der Waals surface area contributed by atoms with Crippen LogP contribution in [-0.4, -0.2) is 55.9 Å². The lowest BCUT2D eigenvalue weighted by molar-refractivity contribution is 0.0938. The van der Waals surface area contributed by atoms with Gasteiger partial charge in [0.2, 0.25) is 0 Å². The van der Waals surface area contributed by atoms with Crippen LogP contribution in [0.15, 0.2) is 10.6 Å². The molecule has 22 heavy (non-hydrogen) atoms. The van der Waals surface area contributed by atoms with Gasteiger partial charge in [0, 0.05) is 45.3 Å². The Morgan fingerprint density at radius 3 is 3.09 bits per heavy atom. The van der Waals surface area contributed by atoms with Crippen LogP contribution in [0.1, 0.15) is 48.9 Å². The fourth-order valence-electron chi connectivity index (χ4n) is 2.71. The molecule has 0 radical (unpaired) electrons. The average Bonchev–Trinajstić information content (AvgIpc) is 3.14. The van der Waals surface area contributed by atoms with Gasteiger partial charge in [-0.3, -0.25) is 4.79 Å². The number of hydrogen-bond donors (Lipinski definition) is 1. The number of likely N-dealkylation sites (tertiary alicyclic amines) is 1. The van der Waals surface area contributed by atoms with Crippen LogP contribution in [-0.2, 0) is 4.74 Å². The minimum absolute atomic E-state index is 0.145. The molecular weight excluding hydrogens is 282 g/mol. The maximum Gasteiger partial charge on any atom is 0.273 e. The van der Waals surface area contributed by atoms with E-state index in [9.17, 15) is 4.79 Å². The van der Waals surface area contributed by atoms with Crippen LogP contribution in [0.25, 0.3) is 0 Å². The monoisotopic (exact) mass is 309 g/mol. The van der Waals surface area contributed by atoms with Crippen molar-refractivity contribution in [2.75, 3.05) is 39.9 Å². The summed E-state index contributed by atoms with van der Waals surface area (Å²) in [5, 5.41) is 6.80. The second-order valence-corrected chi connectivity index (χ2v) is 6.28. The predicted octanol–water partition coefficient (Wildman–Crippen LogP) is 1.89. The van der Waals surface area contributed by atoms with Crippen LogP contribution < -0.4 is 5.32 Å². The van der Waals surface area contributed by atoms with E-state index in [-0.39, 0.29) is 11.8 Å². The number of amides is 1. The van der Waals surface area contributed by atoms with Crippen molar-refractivity contribution < 1.29 is 14.1 Å². The molecule has 2 rings (SSSR count). The second kappa shape index (κ2) is 8.29. The molecule has 1 atom stereocenters. The molecular formula is C16H27N3O3. The smallest absolute Gasteiger partial charge is 0.273 e. The van der Waals surface area contributed by atoms with Crippen molar-refractivity contribution in [1.29, 1.82) is 0 Å². The molecule has 1 aliphatic rings. The van der Waals surface area contributed by atoms with E-state index in [1.807, 2.05) is 13.8 Å². The van der Waals surface area contributed by atoms with Crippen molar-refractivity contribution in [3.8, 4) is 0 Å². The first-order chi connectivity index (χ1) is 10.6. The summed E-state index contributed by atoms with van der Waals surface area (Å²) in [6.45, 7) is 8.74. The molecule has 0 spiro atoms. The summed E-state index contributed by atoms with van der Waals surface area (Å²) in [4.78, 5) is 14.5. The molecule has 1 N–H and O–H groups in total. The Labute approximate surface area is 132 Å². The highest BCUT2D eigenvalue weighted by atomic mass is 16.5. The van der Waals surface area contributed by atoms with E-state index in [1.165, 1.54) is 0 Å². The van der Waals surface area contributed by atoms with Gasteiger partial charge in [0.15, 0.2) is 5.69 Å². The van der Waals surface area contributed by atoms with E-state index in [0.717, 1.165) is 44.8 Å². The number of nitrogens with zero attached hydrogens (tertiary/aromatic N) is 2. The molecule has 1 fully saturated rings. The predicted molar refractivity (Wildman–Crippen MR) is 84.0 cm³/mol. The molecule has 6 heteroatoms. The van der Waals surface area contributed by atoms with Gasteiger partial charge in [-0.05, 0) is 25.3 Å². The number of hydrogen-bond acceptors (Lipinski definition) is 5. The van der Waals surface area contributed by atoms with E-state index < -0.39 is 0 Å². The van der Waals surface area contributed by atoms with Gasteiger partial charge in [0.25, 0.3) is 5.91 Å². The molecule has 2 heterocycles. The summed E-state index contributed by atoms with van der Waals surface area (Å²) in [5.41, 5.74) is 0.374. The molecule has 1 aromatic rings. The van der Waals surface area contributed by atoms with Gasteiger partial charge in [-0.1, -0.05) is 19.0 Å². The van der Waals surface area contributed by atoms with Gasteiger partial charge in [-0.15, -0.1) is 0 Å². The van der Waals surface area contributed by atoms with E-state index in [2.05, 4.69) is 15.4 Å². The molecule has 6 nitrogen and oxygen atoms in total. The quantitative estimate of drug-likeness (QED) is 0.743. The third kappa shape index (κ3) is 4.81. The molecule has 0 aliphatic carbocycles. The van der Waals surface area contributed by atoms with Crippen LogP contribution in [0.5, 0.6) is 0 Å². The molecule has 0 unspecified atom stereocenters. The van der Waals surface area contributed by atoms with Gasteiger partial charge < -0.3 is 19.5 Å². The van der Waals surface area contributed by atoms with Crippen LogP contribution in [0.4, 0.5) is 0 Å². The number of methoxy groups -OCH3 is 1. The number of aromatic nitrogens is 1. The Bertz CT molecular complexity index is 473. The van der Waals surface area contributed by atoms with Crippen LogP contribution in [0.3, 0.4) is 0 Å². The molecule has 1 amide bonds. The van der Waals surface area contributed by atoms with E-state index in [0.29, 0.717) is 18.2 Å². The highest BCUT2D eigenvalue weighted by Crippen LogP contribution is 2.17. The zero-order valence-corrected chi connectivity index (χ0v) is 13.8. The fraction of sp³-hybridized carbons (Fsp3) is 0.750. The number of carbonyl (C=O) groups excluding carboxylic acids is 1. The Kier molecular flexibility index (Phi) is 6.39. The second-order valence-electron chi connectivity index (χ2n) is 6.28. The van der Waals surface area contributed by atoms with Crippen molar-refractivity contribution in [1.82, 2.24) is 15.4 Å². The van der Waals surface area contributed by atoms with E-state index in [4.69, 9.17) is 9.26 Å². The van der Waals surface area contributed by atoms with Crippen LogP contribution in [0, 0.1) is 5.92 Å². The maximum atomic E-state index is 12.1. The van der Waals surface area contributed by atoms with Gasteiger partial charge >= 0.3 is 0 Å². The standard InChI is InChI=1S/C16H27N3O3/c1-12(2)15-9-14(18-22-15)16(20)17-10-13-5-7-19(11-13)6-4-8-21-3/h9,12-13H,4-8,10-11H2,1-3H3,(H,17,20)/t13-/m0/s1. The third-order valence-electron chi connectivity index (χ3n) is 4.07. The average molecular weight is 309 g/mol. The summed E-state index contributed by atoms with van der Waals surface area (Å²) in [6, 6.07) is 1.73. The van der Waals surface area contributed by atoms with Crippen molar-refractivity contribution in [3.05, 3.63) is 17.5 Å². The van der Waals surface area contributed by atoms with Crippen molar-refractivity contribution in [2.45, 2.75) is 32.6 Å². The zero-order valence-electron chi connectivity index (χ0n) is 13.8. The van der Waals surface area contributed by atoms with Crippen LogP contribution in [0.2, 0.25) is 0 Å². The van der Waals surface area contributed by atoms with Crippen molar-refractivity contribution in [2.24, 2.45) is 5.92 Å². The molecule has 124 valence electrons. The highest BCUT2D eigenvalue weighted by molar-refractivity contribution is 5.92. The van der Waals surface area contributed by atoms with Gasteiger partial charge in [0.1, 0.15) is 5.76 Å². The molecule has 0 aromatic carbocycles. The molecule has 0 saturated carbocycles. The third-order valence-corrected chi connectivity index (χ3v) is 4.07. The number of carbonyl (C=O) groups is 1. The van der Waals surface area contributed by atoms with Gasteiger partial charge in [0.05, 0.1) is 0 Å². The highest BCUT2D eigenvalue weighted by Gasteiger charge is 2.23. The minimum atomic E-state index is -0.145. The maximum absolute atomic E-state index is 12.1. The SMILES string of the molecule is COCCCN1CC[C@@H](CNC(=O)c2cc(C(C)C)on2)C1. The number of nitrogens with one attached hydrogen (secondary N) is 1. The largest absolute Gasteiger partial charge is 0.385 e. The summed E-state index contributed by atoms with van der Waals surface area (Å²) in [7, 11) is 1.73. The number of rotatable bonds is 8. The Morgan fingerprint density at radius 2 is 2.41 bits per heavy atom. The summed E-state index contributed by atoms with van der Waals surface area (Å²) < 4.78 is 10.2.